The van der Waals surface area contributed by atoms with Crippen molar-refractivity contribution in [3.05, 3.63) is 169 Å². The summed E-state index contributed by atoms with van der Waals surface area (Å²) in [4.78, 5) is 10.8. The molecular formula is C46H39N11O2. The maximum atomic E-state index is 9.66. The smallest absolute Gasteiger partial charge is 0.177 e. The van der Waals surface area contributed by atoms with Crippen LogP contribution in [-0.4, -0.2) is 86.8 Å². The summed E-state index contributed by atoms with van der Waals surface area (Å²) in [6.45, 7) is 1.48. The maximum absolute atomic E-state index is 9.66. The molecule has 10 aromatic rings. The summed E-state index contributed by atoms with van der Waals surface area (Å²) >= 11 is 0. The Morgan fingerprint density at radius 3 is 1.63 bits per heavy atom. The van der Waals surface area contributed by atoms with Gasteiger partial charge in [0.2, 0.25) is 0 Å². The van der Waals surface area contributed by atoms with Gasteiger partial charge in [-0.2, -0.15) is 19.2 Å². The lowest BCUT2D eigenvalue weighted by Crippen LogP contribution is -2.19. The molecule has 0 aliphatic heterocycles. The van der Waals surface area contributed by atoms with E-state index in [1.807, 2.05) is 134 Å². The second-order valence-electron chi connectivity index (χ2n) is 14.4. The molecule has 0 spiro atoms. The van der Waals surface area contributed by atoms with Gasteiger partial charge in [0.1, 0.15) is 18.1 Å². The average molecular weight is 778 g/mol. The molecule has 6 heterocycles. The van der Waals surface area contributed by atoms with Gasteiger partial charge >= 0.3 is 0 Å². The van der Waals surface area contributed by atoms with Gasteiger partial charge in [-0.3, -0.25) is 9.97 Å². The Bertz CT molecular complexity index is 3040. The molecule has 0 saturated carbocycles. The van der Waals surface area contributed by atoms with E-state index >= 15 is 0 Å². The number of hydrogen-bond donors (Lipinski definition) is 1. The van der Waals surface area contributed by atoms with E-state index in [9.17, 15) is 5.11 Å². The molecule has 6 aromatic heterocycles. The fraction of sp³-hybridized carbons (Fsp3) is 0.130. The first-order chi connectivity index (χ1) is 28.9. The van der Waals surface area contributed by atoms with Crippen LogP contribution in [0.2, 0.25) is 0 Å². The van der Waals surface area contributed by atoms with E-state index in [-0.39, 0.29) is 5.75 Å². The first-order valence-corrected chi connectivity index (χ1v) is 19.2. The molecule has 0 atom stereocenters. The minimum Gasteiger partial charge on any atom is -0.506 e. The van der Waals surface area contributed by atoms with Crippen LogP contribution in [0, 0.1) is 0 Å². The van der Waals surface area contributed by atoms with E-state index in [0.29, 0.717) is 25.1 Å². The Hall–Kier alpha value is -7.64. The highest BCUT2D eigenvalue weighted by atomic mass is 16.5. The summed E-state index contributed by atoms with van der Waals surface area (Å²) in [5.41, 5.74) is 9.26. The van der Waals surface area contributed by atoms with Gasteiger partial charge in [0, 0.05) is 41.3 Å². The van der Waals surface area contributed by atoms with Gasteiger partial charge in [0.25, 0.3) is 0 Å². The Balaban J connectivity index is 0.000000154. The molecule has 0 aliphatic rings. The van der Waals surface area contributed by atoms with Crippen LogP contribution in [-0.2, 0) is 12.8 Å². The van der Waals surface area contributed by atoms with Crippen LogP contribution in [0.1, 0.15) is 22.8 Å². The predicted molar refractivity (Wildman–Crippen MR) is 227 cm³/mol. The van der Waals surface area contributed by atoms with Gasteiger partial charge in [-0.05, 0) is 85.9 Å². The van der Waals surface area contributed by atoms with Crippen molar-refractivity contribution in [1.82, 2.24) is 54.5 Å². The summed E-state index contributed by atoms with van der Waals surface area (Å²) in [6, 6.07) is 43.9. The predicted octanol–water partition coefficient (Wildman–Crippen LogP) is 7.51. The lowest BCUT2D eigenvalue weighted by molar-refractivity contribution is 0.261. The van der Waals surface area contributed by atoms with Crippen molar-refractivity contribution in [2.24, 2.45) is 0 Å². The molecule has 13 heteroatoms. The molecule has 0 amide bonds. The quantitative estimate of drug-likeness (QED) is 0.147. The molecule has 0 radical (unpaired) electrons. The van der Waals surface area contributed by atoms with Crippen molar-refractivity contribution in [3.63, 3.8) is 0 Å². The topological polar surface area (TPSA) is 145 Å². The van der Waals surface area contributed by atoms with Gasteiger partial charge < -0.3 is 14.7 Å². The molecule has 10 rings (SSSR count). The Kier molecular flexibility index (Phi) is 10.3. The second kappa shape index (κ2) is 16.5. The number of nitrogens with zero attached hydrogens (tertiary/aromatic N) is 11. The highest BCUT2D eigenvalue weighted by molar-refractivity contribution is 5.81. The van der Waals surface area contributed by atoms with Crippen LogP contribution in [0.3, 0.4) is 0 Å². The third-order valence-corrected chi connectivity index (χ3v) is 9.78. The number of aromatic hydroxyl groups is 1. The summed E-state index contributed by atoms with van der Waals surface area (Å²) in [5, 5.41) is 38.3. The van der Waals surface area contributed by atoms with Gasteiger partial charge in [-0.15, -0.1) is 20.4 Å². The Morgan fingerprint density at radius 2 is 1.08 bits per heavy atom. The van der Waals surface area contributed by atoms with E-state index in [4.69, 9.17) is 14.9 Å². The van der Waals surface area contributed by atoms with E-state index in [0.717, 1.165) is 85.0 Å². The molecule has 1 N–H and O–H groups in total. The van der Waals surface area contributed by atoms with Gasteiger partial charge in [0.15, 0.2) is 22.9 Å². The van der Waals surface area contributed by atoms with Crippen molar-refractivity contribution < 1.29 is 9.84 Å². The third kappa shape index (κ3) is 8.41. The lowest BCUT2D eigenvalue weighted by atomic mass is 10.1. The van der Waals surface area contributed by atoms with Crippen LogP contribution in [0.25, 0.3) is 55.6 Å². The van der Waals surface area contributed by atoms with Crippen molar-refractivity contribution in [1.29, 1.82) is 0 Å². The van der Waals surface area contributed by atoms with Crippen LogP contribution in [0.15, 0.2) is 146 Å². The summed E-state index contributed by atoms with van der Waals surface area (Å²) in [6.07, 6.45) is 4.42. The zero-order valence-corrected chi connectivity index (χ0v) is 32.5. The third-order valence-electron chi connectivity index (χ3n) is 9.78. The van der Waals surface area contributed by atoms with E-state index < -0.39 is 0 Å². The molecule has 0 fully saturated rings. The zero-order chi connectivity index (χ0) is 40.1. The van der Waals surface area contributed by atoms with E-state index in [1.54, 1.807) is 16.8 Å². The minimum atomic E-state index is 0.154. The Labute approximate surface area is 339 Å². The second-order valence-corrected chi connectivity index (χ2v) is 14.4. The molecule has 0 bridgehead atoms. The molecule has 0 saturated heterocycles. The van der Waals surface area contributed by atoms with Gasteiger partial charge in [-0.25, -0.2) is 0 Å². The Morgan fingerprint density at radius 1 is 0.559 bits per heavy atom. The molecule has 13 nitrogen and oxygen atoms in total. The SMILES string of the molecule is CN(C)CCOc1cnc2ccc(Cc3nnc4ccc(-c5ccccc5)nn34)cc2c1.Oc1cnc2ccc(Cc3nnc4ccc(-c5ccccc5)nn34)cc2c1. The highest BCUT2D eigenvalue weighted by Gasteiger charge is 2.12. The van der Waals surface area contributed by atoms with Crippen LogP contribution < -0.4 is 4.74 Å². The molecule has 59 heavy (non-hydrogen) atoms. The van der Waals surface area contributed by atoms with Crippen LogP contribution >= 0.6 is 0 Å². The number of pyridine rings is 2. The number of benzene rings is 4. The fourth-order valence-corrected chi connectivity index (χ4v) is 6.75. The van der Waals surface area contributed by atoms with E-state index in [1.165, 1.54) is 6.20 Å². The first-order valence-electron chi connectivity index (χ1n) is 19.2. The molecule has 290 valence electrons. The fourth-order valence-electron chi connectivity index (χ4n) is 6.75. The number of likely N-dealkylation sites (N-methyl/N-ethyl adjacent to an activating group) is 1. The van der Waals surface area contributed by atoms with Crippen molar-refractivity contribution in [2.75, 3.05) is 27.2 Å². The van der Waals surface area contributed by atoms with Crippen molar-refractivity contribution in [3.8, 4) is 34.0 Å². The number of ether oxygens (including phenoxy) is 1. The standard InChI is InChI=1S/C25H24N6O.C21H15N5O/c1-30(2)12-13-32-21-16-20-14-18(8-9-22(20)26-17-21)15-25-28-27-24-11-10-23(29-31(24)25)19-6-4-3-5-7-19;27-17-12-16-10-14(6-7-18(16)22-13-17)11-21-24-23-20-9-8-19(25-26(20)21)15-4-2-1-3-5-15/h3-11,14,16-17H,12-13,15H2,1-2H3;1-10,12-13,27H,11H2. The zero-order valence-electron chi connectivity index (χ0n) is 32.5. The number of aromatic nitrogens is 10. The molecule has 0 aliphatic carbocycles. The number of hydrogen-bond acceptors (Lipinski definition) is 11. The molecule has 4 aromatic carbocycles. The maximum Gasteiger partial charge on any atom is 0.177 e. The first kappa shape index (κ1) is 37.0. The summed E-state index contributed by atoms with van der Waals surface area (Å²) < 4.78 is 9.45. The lowest BCUT2D eigenvalue weighted by Gasteiger charge is -2.11. The largest absolute Gasteiger partial charge is 0.506 e. The summed E-state index contributed by atoms with van der Waals surface area (Å²) in [5.74, 6) is 2.49. The van der Waals surface area contributed by atoms with E-state index in [2.05, 4.69) is 47.4 Å². The normalized spacial score (nSPS) is 11.4. The van der Waals surface area contributed by atoms with Gasteiger partial charge in [0.05, 0.1) is 34.8 Å². The van der Waals surface area contributed by atoms with Crippen molar-refractivity contribution in [2.45, 2.75) is 12.8 Å². The average Bonchev–Trinajstić information content (AvgIpc) is 3.86. The molecular weight excluding hydrogens is 739 g/mol. The monoisotopic (exact) mass is 777 g/mol. The van der Waals surface area contributed by atoms with Crippen molar-refractivity contribution >= 4 is 33.1 Å². The summed E-state index contributed by atoms with van der Waals surface area (Å²) in [7, 11) is 4.06. The van der Waals surface area contributed by atoms with Gasteiger partial charge in [-0.1, -0.05) is 72.8 Å². The van der Waals surface area contributed by atoms with Crippen LogP contribution in [0.5, 0.6) is 11.5 Å². The highest BCUT2D eigenvalue weighted by Crippen LogP contribution is 2.24. The molecule has 0 unspecified atom stereocenters. The minimum absolute atomic E-state index is 0.154. The number of fused-ring (bicyclic) bond motifs is 4. The number of rotatable bonds is 10. The van der Waals surface area contributed by atoms with Crippen LogP contribution in [0.4, 0.5) is 0 Å².